The molecule has 3 saturated heterocycles. The van der Waals surface area contributed by atoms with Crippen molar-refractivity contribution in [2.24, 2.45) is 5.92 Å². The lowest BCUT2D eigenvalue weighted by Gasteiger charge is -2.50. The molecule has 40 heavy (non-hydrogen) atoms. The van der Waals surface area contributed by atoms with Crippen LogP contribution < -0.4 is 0 Å². The summed E-state index contributed by atoms with van der Waals surface area (Å²) in [5, 5.41) is 0. The van der Waals surface area contributed by atoms with E-state index >= 15 is 0 Å². The molecule has 2 bridgehead atoms. The quantitative estimate of drug-likeness (QED) is 0.0507. The fraction of sp³-hybridized carbons (Fsp3) is 0.968. The average molecular weight is 591 g/mol. The highest BCUT2D eigenvalue weighted by molar-refractivity contribution is 7.47. The molecule has 0 spiro atoms. The van der Waals surface area contributed by atoms with Gasteiger partial charge in [0.15, 0.2) is 0 Å². The SMILES string of the molecule is CCCCCCCCCCCCCCCCCCOCC(COP(=O)(O)OC1C[N+]2(C)CCC1CC2)OC(C)=O. The van der Waals surface area contributed by atoms with E-state index in [1.807, 2.05) is 0 Å². The maximum atomic E-state index is 12.6. The summed E-state index contributed by atoms with van der Waals surface area (Å²) in [7, 11) is -2.08. The monoisotopic (exact) mass is 590 g/mol. The van der Waals surface area contributed by atoms with E-state index in [4.69, 9.17) is 18.5 Å². The van der Waals surface area contributed by atoms with Crippen LogP contribution >= 0.6 is 7.82 Å². The van der Waals surface area contributed by atoms with Crippen LogP contribution in [0.15, 0.2) is 0 Å². The summed E-state index contributed by atoms with van der Waals surface area (Å²) >= 11 is 0. The molecule has 0 saturated carbocycles. The van der Waals surface area contributed by atoms with Gasteiger partial charge in [0.1, 0.15) is 18.8 Å². The number of esters is 1. The molecule has 0 aromatic carbocycles. The van der Waals surface area contributed by atoms with Crippen molar-refractivity contribution >= 4 is 13.8 Å². The molecule has 0 aromatic heterocycles. The van der Waals surface area contributed by atoms with Crippen LogP contribution in [0.5, 0.6) is 0 Å². The van der Waals surface area contributed by atoms with Gasteiger partial charge in [-0.1, -0.05) is 103 Å². The summed E-state index contributed by atoms with van der Waals surface area (Å²) in [6.07, 6.45) is 22.1. The maximum Gasteiger partial charge on any atom is 0.472 e. The van der Waals surface area contributed by atoms with Gasteiger partial charge in [-0.3, -0.25) is 13.8 Å². The van der Waals surface area contributed by atoms with Crippen LogP contribution in [-0.4, -0.2) is 74.1 Å². The number of unbranched alkanes of at least 4 members (excludes halogenated alkanes) is 15. The van der Waals surface area contributed by atoms with E-state index in [0.717, 1.165) is 49.8 Å². The zero-order chi connectivity index (χ0) is 29.1. The second kappa shape index (κ2) is 20.4. The Morgan fingerprint density at radius 2 is 1.35 bits per heavy atom. The highest BCUT2D eigenvalue weighted by Crippen LogP contribution is 2.48. The van der Waals surface area contributed by atoms with E-state index in [-0.39, 0.29) is 19.3 Å². The third-order valence-corrected chi connectivity index (χ3v) is 9.71. The Hall–Kier alpha value is -0.500. The number of likely N-dealkylation sites (N-methyl/N-ethyl adjacent to an activating group) is 1. The van der Waals surface area contributed by atoms with Gasteiger partial charge in [-0.05, 0) is 6.42 Å². The fourth-order valence-corrected chi connectivity index (χ4v) is 7.16. The Kier molecular flexibility index (Phi) is 18.2. The summed E-state index contributed by atoms with van der Waals surface area (Å²) in [5.74, 6) is -0.167. The normalized spacial score (nSPS) is 24.6. The highest BCUT2D eigenvalue weighted by Gasteiger charge is 2.46. The highest BCUT2D eigenvalue weighted by atomic mass is 31.2. The Labute approximate surface area is 245 Å². The third kappa shape index (κ3) is 16.2. The van der Waals surface area contributed by atoms with Gasteiger partial charge in [0.05, 0.1) is 33.4 Å². The Morgan fingerprint density at radius 3 is 1.82 bits per heavy atom. The van der Waals surface area contributed by atoms with Gasteiger partial charge < -0.3 is 18.9 Å². The average Bonchev–Trinajstić information content (AvgIpc) is 2.90. The summed E-state index contributed by atoms with van der Waals surface area (Å²) in [6.45, 7) is 6.98. The van der Waals surface area contributed by atoms with Crippen molar-refractivity contribution in [3.05, 3.63) is 0 Å². The number of quaternary nitrogens is 1. The van der Waals surface area contributed by atoms with Gasteiger partial charge in [-0.15, -0.1) is 0 Å². The second-order valence-corrected chi connectivity index (χ2v) is 14.0. The first kappa shape index (κ1) is 35.7. The van der Waals surface area contributed by atoms with Crippen LogP contribution in [-0.2, 0) is 27.9 Å². The predicted octanol–water partition coefficient (Wildman–Crippen LogP) is 7.57. The number of hydrogen-bond donors (Lipinski definition) is 1. The molecule has 0 amide bonds. The van der Waals surface area contributed by atoms with Crippen molar-refractivity contribution in [1.29, 1.82) is 0 Å². The summed E-state index contributed by atoms with van der Waals surface area (Å²) in [6, 6.07) is 0. The summed E-state index contributed by atoms with van der Waals surface area (Å²) < 4.78 is 35.3. The molecular weight excluding hydrogens is 529 g/mol. The molecule has 0 radical (unpaired) electrons. The smallest absolute Gasteiger partial charge is 0.458 e. The largest absolute Gasteiger partial charge is 0.472 e. The van der Waals surface area contributed by atoms with Crippen molar-refractivity contribution in [3.63, 3.8) is 0 Å². The number of carbonyl (C=O) groups excluding carboxylic acids is 1. The Bertz CT molecular complexity index is 714. The molecular formula is C31H61NO7P+. The van der Waals surface area contributed by atoms with Gasteiger partial charge in [0.25, 0.3) is 0 Å². The third-order valence-electron chi connectivity index (χ3n) is 8.70. The van der Waals surface area contributed by atoms with Gasteiger partial charge in [-0.25, -0.2) is 4.57 Å². The number of carbonyl (C=O) groups is 1. The van der Waals surface area contributed by atoms with Crippen LogP contribution in [0.2, 0.25) is 0 Å². The Morgan fingerprint density at radius 1 is 0.850 bits per heavy atom. The lowest BCUT2D eigenvalue weighted by Crippen LogP contribution is -2.61. The molecule has 1 N–H and O–H groups in total. The number of ether oxygens (including phenoxy) is 2. The van der Waals surface area contributed by atoms with Crippen LogP contribution in [0.3, 0.4) is 0 Å². The molecule has 9 heteroatoms. The van der Waals surface area contributed by atoms with E-state index in [0.29, 0.717) is 12.5 Å². The van der Waals surface area contributed by atoms with Crippen molar-refractivity contribution in [1.82, 2.24) is 0 Å². The van der Waals surface area contributed by atoms with Gasteiger partial charge in [0.2, 0.25) is 0 Å². The molecule has 3 fully saturated rings. The van der Waals surface area contributed by atoms with Crippen molar-refractivity contribution in [2.45, 2.75) is 142 Å². The van der Waals surface area contributed by atoms with Gasteiger partial charge in [-0.2, -0.15) is 0 Å². The molecule has 3 heterocycles. The van der Waals surface area contributed by atoms with Crippen LogP contribution in [0.25, 0.3) is 0 Å². The van der Waals surface area contributed by atoms with Crippen LogP contribution in [0.4, 0.5) is 0 Å². The van der Waals surface area contributed by atoms with E-state index in [1.165, 1.54) is 96.8 Å². The Balaban J connectivity index is 1.45. The number of rotatable bonds is 25. The van der Waals surface area contributed by atoms with E-state index in [1.54, 1.807) is 0 Å². The van der Waals surface area contributed by atoms with E-state index in [9.17, 15) is 14.3 Å². The molecule has 3 rings (SSSR count). The molecule has 3 unspecified atom stereocenters. The minimum absolute atomic E-state index is 0.138. The number of phosphoric acid groups is 1. The lowest BCUT2D eigenvalue weighted by molar-refractivity contribution is -0.928. The summed E-state index contributed by atoms with van der Waals surface area (Å²) in [5.41, 5.74) is 0. The van der Waals surface area contributed by atoms with Gasteiger partial charge in [0, 0.05) is 32.3 Å². The molecule has 0 aromatic rings. The number of fused-ring (bicyclic) bond motifs is 3. The molecule has 3 aliphatic heterocycles. The van der Waals surface area contributed by atoms with Crippen molar-refractivity contribution in [2.75, 3.05) is 46.5 Å². The number of phosphoric ester groups is 1. The molecule has 3 atom stereocenters. The maximum absolute atomic E-state index is 12.6. The predicted molar refractivity (Wildman–Crippen MR) is 160 cm³/mol. The zero-order valence-corrected chi connectivity index (χ0v) is 26.9. The number of piperidine rings is 3. The lowest BCUT2D eigenvalue weighted by atomic mass is 9.84. The molecule has 3 aliphatic rings. The summed E-state index contributed by atoms with van der Waals surface area (Å²) in [4.78, 5) is 21.8. The van der Waals surface area contributed by atoms with E-state index < -0.39 is 19.9 Å². The molecule has 236 valence electrons. The fourth-order valence-electron chi connectivity index (χ4n) is 6.17. The minimum atomic E-state index is -4.25. The first-order valence-electron chi connectivity index (χ1n) is 16.5. The second-order valence-electron chi connectivity index (χ2n) is 12.6. The van der Waals surface area contributed by atoms with Crippen LogP contribution in [0, 0.1) is 5.92 Å². The minimum Gasteiger partial charge on any atom is -0.458 e. The van der Waals surface area contributed by atoms with Crippen molar-refractivity contribution < 1.29 is 37.3 Å². The van der Waals surface area contributed by atoms with E-state index in [2.05, 4.69) is 14.0 Å². The first-order chi connectivity index (χ1) is 19.2. The first-order valence-corrected chi connectivity index (χ1v) is 18.0. The number of nitrogens with zero attached hydrogens (tertiary/aromatic N) is 1. The number of hydrogen-bond acceptors (Lipinski definition) is 6. The zero-order valence-electron chi connectivity index (χ0n) is 26.0. The van der Waals surface area contributed by atoms with Crippen molar-refractivity contribution in [3.8, 4) is 0 Å². The van der Waals surface area contributed by atoms with Gasteiger partial charge >= 0.3 is 13.8 Å². The standard InChI is InChI=1S/C31H60NO7P/c1-4-5-6-7-8-9-10-11-12-13-14-15-16-17-18-19-24-36-26-30(38-28(2)33)27-37-40(34,35)39-31-25-32(3)22-20-29(31)21-23-32/h29-31H,4-27H2,1-3H3/p+1. The topological polar surface area (TPSA) is 91.3 Å². The molecule has 0 aliphatic carbocycles. The van der Waals surface area contributed by atoms with Crippen LogP contribution in [0.1, 0.15) is 129 Å². The molecule has 8 nitrogen and oxygen atoms in total.